The third-order valence-electron chi connectivity index (χ3n) is 8.99. The first-order chi connectivity index (χ1) is 25.6. The molecular formula is C40H34N8O4. The Morgan fingerprint density at radius 2 is 0.769 bits per heavy atom. The van der Waals surface area contributed by atoms with Gasteiger partial charge in [-0.1, -0.05) is 48.5 Å². The fourth-order valence-corrected chi connectivity index (χ4v) is 6.96. The molecule has 5 heterocycles. The largest absolute Gasteiger partial charge is 0.493 e. The fraction of sp³-hybridized carbons (Fsp3) is 0.200. The van der Waals surface area contributed by atoms with Gasteiger partial charge in [-0.15, -0.1) is 0 Å². The Morgan fingerprint density at radius 1 is 0.404 bits per heavy atom. The van der Waals surface area contributed by atoms with Gasteiger partial charge in [0.15, 0.2) is 23.3 Å². The molecule has 9 rings (SSSR count). The zero-order valence-corrected chi connectivity index (χ0v) is 29.1. The van der Waals surface area contributed by atoms with Crippen molar-refractivity contribution in [1.82, 2.24) is 39.9 Å². The Morgan fingerprint density at radius 3 is 1.19 bits per heavy atom. The van der Waals surface area contributed by atoms with E-state index in [0.29, 0.717) is 95.3 Å². The molecule has 0 radical (unpaired) electrons. The first kappa shape index (κ1) is 31.4. The molecule has 2 N–H and O–H groups in total. The summed E-state index contributed by atoms with van der Waals surface area (Å²) in [5, 5.41) is 3.18. The van der Waals surface area contributed by atoms with Crippen molar-refractivity contribution in [3.8, 4) is 68.5 Å². The fourth-order valence-electron chi connectivity index (χ4n) is 6.96. The molecule has 0 amide bonds. The maximum absolute atomic E-state index is 6.13. The van der Waals surface area contributed by atoms with Crippen LogP contribution in [-0.2, 0) is 0 Å². The minimum absolute atomic E-state index is 0.452. The van der Waals surface area contributed by atoms with E-state index in [9.17, 15) is 0 Å². The summed E-state index contributed by atoms with van der Waals surface area (Å²) in [5.41, 5.74) is 5.26. The normalized spacial score (nSPS) is 11.8. The summed E-state index contributed by atoms with van der Waals surface area (Å²) in [6.45, 7) is 9.71. The van der Waals surface area contributed by atoms with E-state index in [4.69, 9.17) is 48.9 Å². The first-order valence-corrected chi connectivity index (χ1v) is 17.5. The highest BCUT2D eigenvalue weighted by Crippen LogP contribution is 2.44. The van der Waals surface area contributed by atoms with E-state index in [1.54, 1.807) is 0 Å². The van der Waals surface area contributed by atoms with Crippen LogP contribution in [0.4, 0.5) is 0 Å². The molecule has 2 aliphatic rings. The van der Waals surface area contributed by atoms with Crippen molar-refractivity contribution in [2.24, 2.45) is 0 Å². The van der Waals surface area contributed by atoms with Crippen LogP contribution in [0, 0.1) is 0 Å². The number of nitrogens with one attached hydrogen (secondary N) is 2. The topological polar surface area (TPSA) is 146 Å². The summed E-state index contributed by atoms with van der Waals surface area (Å²) in [7, 11) is 0. The molecule has 258 valence electrons. The van der Waals surface area contributed by atoms with Gasteiger partial charge in [0.1, 0.15) is 45.6 Å². The third kappa shape index (κ3) is 4.97. The van der Waals surface area contributed by atoms with Gasteiger partial charge in [0.05, 0.1) is 48.3 Å². The molecular weight excluding hydrogens is 656 g/mol. The average molecular weight is 691 g/mol. The van der Waals surface area contributed by atoms with Crippen molar-refractivity contribution >= 4 is 44.1 Å². The van der Waals surface area contributed by atoms with Crippen LogP contribution in [0.15, 0.2) is 72.8 Å². The van der Waals surface area contributed by atoms with Gasteiger partial charge in [-0.2, -0.15) is 0 Å². The third-order valence-corrected chi connectivity index (χ3v) is 8.99. The number of benzene rings is 4. The van der Waals surface area contributed by atoms with Crippen LogP contribution < -0.4 is 18.9 Å². The van der Waals surface area contributed by atoms with Crippen molar-refractivity contribution in [3.63, 3.8) is 0 Å². The number of fused-ring (bicyclic) bond motifs is 20. The van der Waals surface area contributed by atoms with Gasteiger partial charge in [-0.05, 0) is 52.0 Å². The van der Waals surface area contributed by atoms with Gasteiger partial charge in [0, 0.05) is 21.9 Å². The minimum atomic E-state index is 0.452. The zero-order valence-electron chi connectivity index (χ0n) is 29.1. The number of aromatic amines is 2. The quantitative estimate of drug-likeness (QED) is 0.159. The summed E-state index contributed by atoms with van der Waals surface area (Å²) < 4.78 is 24.5. The minimum Gasteiger partial charge on any atom is -0.493 e. The molecule has 0 fully saturated rings. The maximum atomic E-state index is 6.13. The molecule has 4 aromatic carbocycles. The van der Waals surface area contributed by atoms with E-state index in [1.807, 2.05) is 100 Å². The number of hydrogen-bond acceptors (Lipinski definition) is 10. The smallest absolute Gasteiger partial charge is 0.168 e. The molecule has 12 heteroatoms. The lowest BCUT2D eigenvalue weighted by Gasteiger charge is -2.08. The standard InChI is InChI=1S/C40H34N8O4/c1-5-49-25-17-9-13-21-29(25)37-41-33(21)46-38-31-23(15-11-19-27(31)51-7-3)35(43-38)48-40-32-24(16-12-20-28(32)52-8-4)36(44-40)47-39-30-22(34(42-39)45-37)14-10-18-26(30)50-6-2/h9-20H,5-8H2,1-4H3,(H2,41,42,43,44,45,46,47,48). The van der Waals surface area contributed by atoms with Crippen molar-refractivity contribution in [2.45, 2.75) is 27.7 Å². The molecule has 0 aliphatic carbocycles. The van der Waals surface area contributed by atoms with Gasteiger partial charge in [0.2, 0.25) is 0 Å². The van der Waals surface area contributed by atoms with Gasteiger partial charge < -0.3 is 28.9 Å². The van der Waals surface area contributed by atoms with Crippen LogP contribution in [0.25, 0.3) is 89.7 Å². The van der Waals surface area contributed by atoms with Gasteiger partial charge >= 0.3 is 0 Å². The Hall–Kier alpha value is -6.56. The number of ether oxygens (including phenoxy) is 4. The molecule has 0 atom stereocenters. The van der Waals surface area contributed by atoms with E-state index in [1.165, 1.54) is 0 Å². The Labute approximate surface area is 297 Å². The maximum Gasteiger partial charge on any atom is 0.168 e. The van der Waals surface area contributed by atoms with Gasteiger partial charge in [0.25, 0.3) is 0 Å². The van der Waals surface area contributed by atoms with E-state index in [2.05, 4.69) is 9.97 Å². The van der Waals surface area contributed by atoms with Crippen molar-refractivity contribution in [2.75, 3.05) is 26.4 Å². The number of nitrogens with zero attached hydrogens (tertiary/aromatic N) is 6. The Kier molecular flexibility index (Phi) is 7.64. The molecule has 12 nitrogen and oxygen atoms in total. The lowest BCUT2D eigenvalue weighted by Crippen LogP contribution is -1.94. The SMILES string of the molecule is CCOc1cccc2c1-c1nc-2nc2[nH]c(nc3nc(nc4[nH]c(n1)c1cccc(OCC)c41)-c1cccc(OCC)c1-3)c1cccc(OCC)c21. The number of hydrogen-bond donors (Lipinski definition) is 2. The van der Waals surface area contributed by atoms with Gasteiger partial charge in [-0.25, -0.2) is 29.9 Å². The lowest BCUT2D eigenvalue weighted by atomic mass is 10.1. The van der Waals surface area contributed by atoms with Crippen molar-refractivity contribution in [3.05, 3.63) is 72.8 Å². The summed E-state index contributed by atoms with van der Waals surface area (Å²) in [6, 6.07) is 23.4. The second-order valence-electron chi connectivity index (χ2n) is 12.1. The van der Waals surface area contributed by atoms with Crippen LogP contribution >= 0.6 is 0 Å². The van der Waals surface area contributed by atoms with Crippen molar-refractivity contribution < 1.29 is 18.9 Å². The molecule has 52 heavy (non-hydrogen) atoms. The van der Waals surface area contributed by atoms with Crippen LogP contribution in [0.2, 0.25) is 0 Å². The van der Waals surface area contributed by atoms with E-state index in [0.717, 1.165) is 43.8 Å². The molecule has 0 spiro atoms. The Bertz CT molecular complexity index is 2530. The molecule has 3 aromatic heterocycles. The molecule has 8 bridgehead atoms. The van der Waals surface area contributed by atoms with Crippen LogP contribution in [-0.4, -0.2) is 66.3 Å². The van der Waals surface area contributed by atoms with Gasteiger partial charge in [-0.3, -0.25) is 0 Å². The van der Waals surface area contributed by atoms with E-state index < -0.39 is 0 Å². The second-order valence-corrected chi connectivity index (χ2v) is 12.1. The molecule has 0 unspecified atom stereocenters. The predicted molar refractivity (Wildman–Crippen MR) is 201 cm³/mol. The summed E-state index contributed by atoms with van der Waals surface area (Å²) in [4.78, 5) is 37.7. The van der Waals surface area contributed by atoms with E-state index in [-0.39, 0.29) is 0 Å². The van der Waals surface area contributed by atoms with Crippen LogP contribution in [0.5, 0.6) is 23.0 Å². The lowest BCUT2D eigenvalue weighted by molar-refractivity contribution is 0.341. The first-order valence-electron chi connectivity index (χ1n) is 17.5. The Balaban J connectivity index is 1.50. The number of H-pyrrole nitrogens is 2. The summed E-state index contributed by atoms with van der Waals surface area (Å²) in [6.07, 6.45) is 0. The van der Waals surface area contributed by atoms with E-state index >= 15 is 0 Å². The second kappa shape index (κ2) is 12.6. The predicted octanol–water partition coefficient (Wildman–Crippen LogP) is 8.46. The zero-order chi connectivity index (χ0) is 35.3. The highest BCUT2D eigenvalue weighted by Gasteiger charge is 2.27. The molecule has 0 saturated heterocycles. The summed E-state index contributed by atoms with van der Waals surface area (Å²) in [5.74, 6) is 4.51. The van der Waals surface area contributed by atoms with Crippen LogP contribution in [0.1, 0.15) is 27.7 Å². The molecule has 0 saturated carbocycles. The van der Waals surface area contributed by atoms with Crippen molar-refractivity contribution in [1.29, 1.82) is 0 Å². The monoisotopic (exact) mass is 690 g/mol. The van der Waals surface area contributed by atoms with Crippen LogP contribution in [0.3, 0.4) is 0 Å². The average Bonchev–Trinajstić information content (AvgIpc) is 3.89. The summed E-state index contributed by atoms with van der Waals surface area (Å²) >= 11 is 0. The molecule has 2 aliphatic heterocycles. The highest BCUT2D eigenvalue weighted by molar-refractivity contribution is 6.10. The number of aromatic nitrogens is 8. The number of rotatable bonds is 8. The molecule has 7 aromatic rings. The highest BCUT2D eigenvalue weighted by atomic mass is 16.5.